The quantitative estimate of drug-likeness (QED) is 0.755. The summed E-state index contributed by atoms with van der Waals surface area (Å²) in [6.07, 6.45) is 2.14. The first-order valence-corrected chi connectivity index (χ1v) is 8.16. The Morgan fingerprint density at radius 2 is 1.70 bits per heavy atom. The van der Waals surface area contributed by atoms with Crippen molar-refractivity contribution in [1.82, 2.24) is 5.32 Å². The van der Waals surface area contributed by atoms with Gasteiger partial charge in [0.2, 0.25) is 0 Å². The van der Waals surface area contributed by atoms with Gasteiger partial charge in [0.05, 0.1) is 0 Å². The van der Waals surface area contributed by atoms with Crippen LogP contribution in [-0.2, 0) is 19.4 Å². The van der Waals surface area contributed by atoms with Crippen LogP contribution in [0.4, 0.5) is 0 Å². The second-order valence-corrected chi connectivity index (χ2v) is 6.36. The van der Waals surface area contributed by atoms with Crippen molar-refractivity contribution in [1.29, 1.82) is 0 Å². The molecule has 0 saturated heterocycles. The first-order chi connectivity index (χ1) is 11.2. The van der Waals surface area contributed by atoms with Gasteiger partial charge in [0.1, 0.15) is 0 Å². The number of carbonyl (C=O) groups excluding carboxylic acids is 1. The van der Waals surface area contributed by atoms with Gasteiger partial charge in [-0.2, -0.15) is 0 Å². The Kier molecular flexibility index (Phi) is 3.55. The minimum Gasteiger partial charge on any atom is -0.348 e. The zero-order valence-corrected chi connectivity index (χ0v) is 13.4. The molecule has 1 amide bonds. The molecule has 3 aromatic carbocycles. The Labute approximate surface area is 140 Å². The number of halogens is 1. The Morgan fingerprint density at radius 3 is 2.48 bits per heavy atom. The van der Waals surface area contributed by atoms with E-state index in [2.05, 4.69) is 17.4 Å². The van der Waals surface area contributed by atoms with Crippen LogP contribution < -0.4 is 5.32 Å². The molecule has 3 aromatic rings. The molecule has 0 aromatic heterocycles. The van der Waals surface area contributed by atoms with Crippen molar-refractivity contribution >= 4 is 28.3 Å². The molecule has 0 saturated carbocycles. The summed E-state index contributed by atoms with van der Waals surface area (Å²) in [5, 5.41) is 6.04. The molecule has 1 aliphatic rings. The van der Waals surface area contributed by atoms with E-state index in [9.17, 15) is 4.79 Å². The maximum Gasteiger partial charge on any atom is 0.252 e. The predicted molar refractivity (Wildman–Crippen MR) is 94.0 cm³/mol. The van der Waals surface area contributed by atoms with E-state index in [4.69, 9.17) is 11.6 Å². The van der Waals surface area contributed by atoms with Crippen molar-refractivity contribution in [3.05, 3.63) is 81.9 Å². The monoisotopic (exact) mass is 321 g/mol. The van der Waals surface area contributed by atoms with Crippen LogP contribution >= 0.6 is 11.6 Å². The zero-order chi connectivity index (χ0) is 15.8. The fourth-order valence-electron chi connectivity index (χ4n) is 3.32. The fraction of sp³-hybridized carbons (Fsp3) is 0.150. The van der Waals surface area contributed by atoms with E-state index in [1.165, 1.54) is 16.5 Å². The molecule has 0 heterocycles. The molecule has 23 heavy (non-hydrogen) atoms. The fourth-order valence-corrected chi connectivity index (χ4v) is 3.45. The van der Waals surface area contributed by atoms with Crippen LogP contribution in [0.3, 0.4) is 0 Å². The number of hydrogen-bond donors (Lipinski definition) is 1. The van der Waals surface area contributed by atoms with Crippen LogP contribution in [0.15, 0.2) is 54.6 Å². The van der Waals surface area contributed by atoms with Crippen LogP contribution in [0.2, 0.25) is 5.02 Å². The maximum absolute atomic E-state index is 12.6. The third-order valence-corrected chi connectivity index (χ3v) is 4.74. The average molecular weight is 322 g/mol. The number of benzene rings is 3. The third-order valence-electron chi connectivity index (χ3n) is 4.49. The molecule has 2 nitrogen and oxygen atoms in total. The van der Waals surface area contributed by atoms with Crippen LogP contribution in [-0.4, -0.2) is 5.91 Å². The van der Waals surface area contributed by atoms with E-state index in [0.717, 1.165) is 29.4 Å². The van der Waals surface area contributed by atoms with Gasteiger partial charge in [-0.1, -0.05) is 48.0 Å². The molecule has 0 bridgehead atoms. The highest BCUT2D eigenvalue weighted by Crippen LogP contribution is 2.32. The van der Waals surface area contributed by atoms with E-state index in [1.807, 2.05) is 42.5 Å². The van der Waals surface area contributed by atoms with Gasteiger partial charge in [0, 0.05) is 17.1 Å². The topological polar surface area (TPSA) is 29.1 Å². The largest absolute Gasteiger partial charge is 0.348 e. The lowest BCUT2D eigenvalue weighted by Gasteiger charge is -2.10. The summed E-state index contributed by atoms with van der Waals surface area (Å²) in [5.74, 6) is -0.0319. The van der Waals surface area contributed by atoms with Gasteiger partial charge < -0.3 is 5.32 Å². The predicted octanol–water partition coefficient (Wildman–Crippen LogP) is 4.52. The molecule has 0 atom stereocenters. The molecule has 0 aliphatic heterocycles. The number of amides is 1. The van der Waals surface area contributed by atoms with Gasteiger partial charge in [-0.15, -0.1) is 0 Å². The summed E-state index contributed by atoms with van der Waals surface area (Å²) in [4.78, 5) is 12.6. The molecule has 4 rings (SSSR count). The van der Waals surface area contributed by atoms with E-state index in [-0.39, 0.29) is 5.91 Å². The van der Waals surface area contributed by atoms with E-state index < -0.39 is 0 Å². The van der Waals surface area contributed by atoms with E-state index >= 15 is 0 Å². The molecule has 0 radical (unpaired) electrons. The van der Waals surface area contributed by atoms with E-state index in [1.54, 1.807) is 0 Å². The van der Waals surface area contributed by atoms with Gasteiger partial charge in [0.15, 0.2) is 0 Å². The second kappa shape index (κ2) is 5.71. The molecular weight excluding hydrogens is 306 g/mol. The van der Waals surface area contributed by atoms with Crippen molar-refractivity contribution in [2.75, 3.05) is 0 Å². The normalized spacial score (nSPS) is 12.6. The zero-order valence-electron chi connectivity index (χ0n) is 12.6. The smallest absolute Gasteiger partial charge is 0.252 e. The summed E-state index contributed by atoms with van der Waals surface area (Å²) in [6.45, 7) is 0.499. The first kappa shape index (κ1) is 14.3. The van der Waals surface area contributed by atoms with Crippen LogP contribution in [0.1, 0.15) is 27.0 Å². The van der Waals surface area contributed by atoms with Gasteiger partial charge in [-0.25, -0.2) is 0 Å². The summed E-state index contributed by atoms with van der Waals surface area (Å²) >= 11 is 5.88. The van der Waals surface area contributed by atoms with Crippen molar-refractivity contribution in [3.8, 4) is 0 Å². The molecule has 114 valence electrons. The van der Waals surface area contributed by atoms with Crippen LogP contribution in [0.25, 0.3) is 10.8 Å². The maximum atomic E-state index is 12.6. The number of hydrogen-bond acceptors (Lipinski definition) is 1. The standard InChI is InChI=1S/C20H16ClNO/c21-16-9-4-13(5-10-16)12-22-20(23)18-11-8-15-7-6-14-2-1-3-17(18)19(14)15/h1-5,8-11H,6-7,12H2,(H,22,23). The van der Waals surface area contributed by atoms with Gasteiger partial charge in [-0.3, -0.25) is 4.79 Å². The van der Waals surface area contributed by atoms with Crippen molar-refractivity contribution in [2.24, 2.45) is 0 Å². The molecule has 0 fully saturated rings. The lowest BCUT2D eigenvalue weighted by atomic mass is 9.99. The number of rotatable bonds is 3. The van der Waals surface area contributed by atoms with Crippen LogP contribution in [0, 0.1) is 0 Å². The highest BCUT2D eigenvalue weighted by Gasteiger charge is 2.18. The highest BCUT2D eigenvalue weighted by atomic mass is 35.5. The molecule has 1 aliphatic carbocycles. The molecular formula is C20H16ClNO. The lowest BCUT2D eigenvalue weighted by molar-refractivity contribution is 0.0952. The van der Waals surface area contributed by atoms with Crippen LogP contribution in [0.5, 0.6) is 0 Å². The minimum atomic E-state index is -0.0319. The second-order valence-electron chi connectivity index (χ2n) is 5.92. The molecule has 3 heteroatoms. The Hall–Kier alpha value is -2.32. The first-order valence-electron chi connectivity index (χ1n) is 7.78. The number of nitrogens with one attached hydrogen (secondary N) is 1. The summed E-state index contributed by atoms with van der Waals surface area (Å²) in [7, 11) is 0. The average Bonchev–Trinajstić information content (AvgIpc) is 3.00. The third kappa shape index (κ3) is 2.60. The van der Waals surface area contributed by atoms with Gasteiger partial charge >= 0.3 is 0 Å². The van der Waals surface area contributed by atoms with Crippen molar-refractivity contribution in [3.63, 3.8) is 0 Å². The summed E-state index contributed by atoms with van der Waals surface area (Å²) in [5.41, 5.74) is 4.49. The minimum absolute atomic E-state index is 0.0319. The SMILES string of the molecule is O=C(NCc1ccc(Cl)cc1)c1ccc2c3c(cccc13)CC2. The van der Waals surface area contributed by atoms with E-state index in [0.29, 0.717) is 11.6 Å². The molecule has 1 N–H and O–H groups in total. The summed E-state index contributed by atoms with van der Waals surface area (Å²) in [6, 6.07) is 17.8. The van der Waals surface area contributed by atoms with Crippen molar-refractivity contribution in [2.45, 2.75) is 19.4 Å². The molecule has 0 spiro atoms. The lowest BCUT2D eigenvalue weighted by Crippen LogP contribution is -2.23. The highest BCUT2D eigenvalue weighted by molar-refractivity contribution is 6.30. The number of aryl methyl sites for hydroxylation is 2. The Bertz CT molecular complexity index is 889. The van der Waals surface area contributed by atoms with Gasteiger partial charge in [-0.05, 0) is 58.5 Å². The van der Waals surface area contributed by atoms with Gasteiger partial charge in [0.25, 0.3) is 5.91 Å². The van der Waals surface area contributed by atoms with Crippen molar-refractivity contribution < 1.29 is 4.79 Å². The Morgan fingerprint density at radius 1 is 0.957 bits per heavy atom. The summed E-state index contributed by atoms with van der Waals surface area (Å²) < 4.78 is 0. The number of carbonyl (C=O) groups is 1. The molecule has 0 unspecified atom stereocenters. The Balaban J connectivity index is 1.62.